The van der Waals surface area contributed by atoms with E-state index >= 15 is 0 Å². The second kappa shape index (κ2) is 11.6. The van der Waals surface area contributed by atoms with Gasteiger partial charge >= 0.3 is 10.1 Å². The standard InChI is InChI=1S/C24H18IN3O7S/c1-2-34-22-13-16(12-21(25)23(22)35-36(32,33)20-9-4-3-5-10-20)11-17(15-26)24(29)27-18-7-6-8-19(14-18)28(30)31/h3-14H,2H2,1H3,(H,27,29)/b17-11+. The number of hydrogen-bond acceptors (Lipinski definition) is 8. The number of carbonyl (C=O) groups excluding carboxylic acids is 1. The topological polar surface area (TPSA) is 149 Å². The predicted octanol–water partition coefficient (Wildman–Crippen LogP) is 4.91. The lowest BCUT2D eigenvalue weighted by molar-refractivity contribution is -0.384. The molecule has 0 atom stereocenters. The van der Waals surface area contributed by atoms with Gasteiger partial charge in [0.2, 0.25) is 0 Å². The summed E-state index contributed by atoms with van der Waals surface area (Å²) in [5.41, 5.74) is 0.0189. The Balaban J connectivity index is 1.93. The minimum Gasteiger partial charge on any atom is -0.490 e. The van der Waals surface area contributed by atoms with Crippen molar-refractivity contribution < 1.29 is 27.1 Å². The smallest absolute Gasteiger partial charge is 0.339 e. The molecule has 0 saturated heterocycles. The van der Waals surface area contributed by atoms with Crippen LogP contribution in [0.2, 0.25) is 0 Å². The third-order valence-electron chi connectivity index (χ3n) is 4.55. The van der Waals surface area contributed by atoms with E-state index in [4.69, 9.17) is 8.92 Å². The molecule has 0 aliphatic rings. The molecule has 0 heterocycles. The van der Waals surface area contributed by atoms with Gasteiger partial charge < -0.3 is 14.2 Å². The maximum Gasteiger partial charge on any atom is 0.339 e. The van der Waals surface area contributed by atoms with Crippen molar-refractivity contribution in [1.29, 1.82) is 5.26 Å². The van der Waals surface area contributed by atoms with Gasteiger partial charge in [-0.2, -0.15) is 13.7 Å². The number of nitrogens with one attached hydrogen (secondary N) is 1. The molecule has 0 saturated carbocycles. The number of nitrogens with zero attached hydrogens (tertiary/aromatic N) is 2. The first-order valence-electron chi connectivity index (χ1n) is 10.3. The van der Waals surface area contributed by atoms with E-state index in [9.17, 15) is 28.6 Å². The number of carbonyl (C=O) groups is 1. The zero-order valence-corrected chi connectivity index (χ0v) is 21.6. The second-order valence-electron chi connectivity index (χ2n) is 7.04. The molecule has 0 bridgehead atoms. The van der Waals surface area contributed by atoms with E-state index in [0.29, 0.717) is 9.13 Å². The Hall–Kier alpha value is -3.96. The maximum absolute atomic E-state index is 12.7. The average Bonchev–Trinajstić information content (AvgIpc) is 2.85. The molecule has 0 spiro atoms. The third kappa shape index (κ3) is 6.58. The largest absolute Gasteiger partial charge is 0.490 e. The molecule has 3 aromatic rings. The predicted molar refractivity (Wildman–Crippen MR) is 140 cm³/mol. The Morgan fingerprint density at radius 1 is 1.17 bits per heavy atom. The molecule has 184 valence electrons. The molecule has 0 fully saturated rings. The van der Waals surface area contributed by atoms with Crippen LogP contribution in [0.1, 0.15) is 12.5 Å². The highest BCUT2D eigenvalue weighted by Crippen LogP contribution is 2.37. The van der Waals surface area contributed by atoms with Crippen molar-refractivity contribution >= 4 is 56.1 Å². The summed E-state index contributed by atoms with van der Waals surface area (Å²) in [7, 11) is -4.14. The van der Waals surface area contributed by atoms with Crippen molar-refractivity contribution in [2.75, 3.05) is 11.9 Å². The zero-order valence-electron chi connectivity index (χ0n) is 18.7. The first-order chi connectivity index (χ1) is 17.1. The van der Waals surface area contributed by atoms with Crippen molar-refractivity contribution in [3.05, 3.63) is 91.6 Å². The Kier molecular flexibility index (Phi) is 8.62. The van der Waals surface area contributed by atoms with Gasteiger partial charge in [-0.1, -0.05) is 24.3 Å². The molecule has 3 rings (SSSR count). The highest BCUT2D eigenvalue weighted by Gasteiger charge is 2.22. The summed E-state index contributed by atoms with van der Waals surface area (Å²) >= 11 is 1.87. The van der Waals surface area contributed by atoms with E-state index in [2.05, 4.69) is 5.32 Å². The Morgan fingerprint density at radius 3 is 2.53 bits per heavy atom. The number of nitro benzene ring substituents is 1. The lowest BCUT2D eigenvalue weighted by Crippen LogP contribution is -2.13. The van der Waals surface area contributed by atoms with Crippen molar-refractivity contribution in [2.45, 2.75) is 11.8 Å². The van der Waals surface area contributed by atoms with E-state index in [-0.39, 0.29) is 39.9 Å². The number of rotatable bonds is 9. The first-order valence-corrected chi connectivity index (χ1v) is 12.8. The van der Waals surface area contributed by atoms with Crippen LogP contribution in [0.4, 0.5) is 11.4 Å². The van der Waals surface area contributed by atoms with Gasteiger partial charge in [0.15, 0.2) is 11.5 Å². The minimum atomic E-state index is -4.14. The number of benzene rings is 3. The van der Waals surface area contributed by atoms with Crippen LogP contribution >= 0.6 is 22.6 Å². The van der Waals surface area contributed by atoms with E-state index in [1.54, 1.807) is 31.2 Å². The summed E-state index contributed by atoms with van der Waals surface area (Å²) in [4.78, 5) is 22.9. The molecule has 10 nitrogen and oxygen atoms in total. The Bertz CT molecular complexity index is 1480. The zero-order chi connectivity index (χ0) is 26.3. The Morgan fingerprint density at radius 2 is 1.89 bits per heavy atom. The number of nitro groups is 1. The van der Waals surface area contributed by atoms with Crippen LogP contribution < -0.4 is 14.2 Å². The molecule has 0 aromatic heterocycles. The monoisotopic (exact) mass is 619 g/mol. The van der Waals surface area contributed by atoms with Crippen LogP contribution in [-0.4, -0.2) is 25.9 Å². The molecule has 1 amide bonds. The average molecular weight is 619 g/mol. The number of hydrogen-bond donors (Lipinski definition) is 1. The lowest BCUT2D eigenvalue weighted by atomic mass is 10.1. The number of amides is 1. The van der Waals surface area contributed by atoms with Gasteiger partial charge in [-0.05, 0) is 71.5 Å². The van der Waals surface area contributed by atoms with Crippen molar-refractivity contribution in [3.8, 4) is 17.6 Å². The fourth-order valence-electron chi connectivity index (χ4n) is 2.97. The van der Waals surface area contributed by atoms with Gasteiger partial charge in [0.1, 0.15) is 16.5 Å². The number of halogens is 1. The summed E-state index contributed by atoms with van der Waals surface area (Å²) in [6, 6.07) is 17.7. The second-order valence-corrected chi connectivity index (χ2v) is 9.75. The number of nitriles is 1. The number of anilines is 1. The third-order valence-corrected chi connectivity index (χ3v) is 6.58. The Labute approximate surface area is 220 Å². The molecule has 36 heavy (non-hydrogen) atoms. The molecule has 0 unspecified atom stereocenters. The summed E-state index contributed by atoms with van der Waals surface area (Å²) in [5.74, 6) is -0.706. The van der Waals surface area contributed by atoms with E-state index in [1.165, 1.54) is 54.6 Å². The van der Waals surface area contributed by atoms with Crippen molar-refractivity contribution in [1.82, 2.24) is 0 Å². The van der Waals surface area contributed by atoms with Crippen LogP contribution in [0.3, 0.4) is 0 Å². The molecule has 12 heteroatoms. The summed E-state index contributed by atoms with van der Waals surface area (Å²) < 4.78 is 36.7. The maximum atomic E-state index is 12.7. The fraction of sp³-hybridized carbons (Fsp3) is 0.0833. The lowest BCUT2D eigenvalue weighted by Gasteiger charge is -2.14. The van der Waals surface area contributed by atoms with Gasteiger partial charge in [-0.3, -0.25) is 14.9 Å². The van der Waals surface area contributed by atoms with Crippen molar-refractivity contribution in [2.24, 2.45) is 0 Å². The summed E-state index contributed by atoms with van der Waals surface area (Å²) in [5, 5.41) is 22.9. The number of ether oxygens (including phenoxy) is 1. The molecule has 0 aliphatic carbocycles. The minimum absolute atomic E-state index is 0.0296. The molecular formula is C24H18IN3O7S. The first kappa shape index (κ1) is 26.6. The quantitative estimate of drug-likeness (QED) is 0.0887. The molecule has 1 N–H and O–H groups in total. The molecular weight excluding hydrogens is 601 g/mol. The van der Waals surface area contributed by atoms with E-state index in [1.807, 2.05) is 22.6 Å². The van der Waals surface area contributed by atoms with Crippen LogP contribution in [0.5, 0.6) is 11.5 Å². The van der Waals surface area contributed by atoms with Gasteiger partial charge in [0.25, 0.3) is 11.6 Å². The van der Waals surface area contributed by atoms with E-state index < -0.39 is 20.9 Å². The molecule has 0 aliphatic heterocycles. The summed E-state index contributed by atoms with van der Waals surface area (Å²) in [6.45, 7) is 1.90. The fourth-order valence-corrected chi connectivity index (χ4v) is 4.83. The highest BCUT2D eigenvalue weighted by molar-refractivity contribution is 14.1. The highest BCUT2D eigenvalue weighted by atomic mass is 127. The van der Waals surface area contributed by atoms with Crippen LogP contribution in [0, 0.1) is 25.0 Å². The van der Waals surface area contributed by atoms with E-state index in [0.717, 1.165) is 0 Å². The SMILES string of the molecule is CCOc1cc(/C=C(\C#N)C(=O)Nc2cccc([N+](=O)[O-])c2)cc(I)c1OS(=O)(=O)c1ccccc1. The van der Waals surface area contributed by atoms with Crippen LogP contribution in [-0.2, 0) is 14.9 Å². The van der Waals surface area contributed by atoms with Gasteiger partial charge in [0, 0.05) is 17.8 Å². The van der Waals surface area contributed by atoms with Crippen molar-refractivity contribution in [3.63, 3.8) is 0 Å². The normalized spacial score (nSPS) is 11.3. The number of non-ortho nitro benzene ring substituents is 1. The van der Waals surface area contributed by atoms with Crippen LogP contribution in [0.25, 0.3) is 6.08 Å². The molecule has 0 radical (unpaired) electrons. The van der Waals surface area contributed by atoms with Crippen LogP contribution in [0.15, 0.2) is 77.2 Å². The van der Waals surface area contributed by atoms with Gasteiger partial charge in [-0.15, -0.1) is 0 Å². The summed E-state index contributed by atoms with van der Waals surface area (Å²) in [6.07, 6.45) is 1.28. The molecule has 3 aromatic carbocycles. The van der Waals surface area contributed by atoms with Gasteiger partial charge in [-0.25, -0.2) is 0 Å². The van der Waals surface area contributed by atoms with Gasteiger partial charge in [0.05, 0.1) is 15.1 Å².